The van der Waals surface area contributed by atoms with Crippen LogP contribution in [0.3, 0.4) is 0 Å². The number of aryl methyl sites for hydroxylation is 1. The summed E-state index contributed by atoms with van der Waals surface area (Å²) in [6.07, 6.45) is 2.71. The Balaban J connectivity index is 1.71. The smallest absolute Gasteiger partial charge is 0.243 e. The highest BCUT2D eigenvalue weighted by Crippen LogP contribution is 2.13. The van der Waals surface area contributed by atoms with Gasteiger partial charge in [-0.3, -0.25) is 24.1 Å². The number of nitrogens with zero attached hydrogens (tertiary/aromatic N) is 1. The van der Waals surface area contributed by atoms with Crippen molar-refractivity contribution in [2.75, 3.05) is 45.9 Å². The maximum absolute atomic E-state index is 13.8. The molecule has 4 N–H and O–H groups in total. The van der Waals surface area contributed by atoms with E-state index in [-0.39, 0.29) is 36.7 Å². The van der Waals surface area contributed by atoms with Gasteiger partial charge in [0, 0.05) is 32.6 Å². The Bertz CT molecular complexity index is 1230. The van der Waals surface area contributed by atoms with Crippen LogP contribution in [0, 0.1) is 17.8 Å². The van der Waals surface area contributed by atoms with Gasteiger partial charge in [-0.2, -0.15) is 0 Å². The fraction of sp³-hybridized carbons (Fsp3) is 0.568. The predicted molar refractivity (Wildman–Crippen MR) is 184 cm³/mol. The number of rotatable bonds is 19. The Morgan fingerprint density at radius 3 is 1.96 bits per heavy atom. The van der Waals surface area contributed by atoms with Crippen molar-refractivity contribution in [3.05, 3.63) is 71.8 Å². The Hall–Kier alpha value is -3.76. The molecule has 4 amide bonds. The van der Waals surface area contributed by atoms with E-state index in [1.54, 1.807) is 0 Å². The van der Waals surface area contributed by atoms with Gasteiger partial charge in [0.1, 0.15) is 12.1 Å². The van der Waals surface area contributed by atoms with E-state index < -0.39 is 23.9 Å². The van der Waals surface area contributed by atoms with Crippen LogP contribution in [-0.2, 0) is 36.8 Å². The topological polar surface area (TPSA) is 129 Å². The van der Waals surface area contributed by atoms with Gasteiger partial charge in [-0.1, -0.05) is 88.4 Å². The summed E-state index contributed by atoms with van der Waals surface area (Å²) in [6.45, 7) is 11.7. The molecular weight excluding hydrogens is 594 g/mol. The van der Waals surface area contributed by atoms with E-state index in [0.717, 1.165) is 17.5 Å². The molecule has 10 nitrogen and oxygen atoms in total. The summed E-state index contributed by atoms with van der Waals surface area (Å²) < 4.78 is 5.38. The SMILES string of the molecule is CC(C)CCNC(=O)[C@@H](Cc1ccccc1)NC(=O)[C@H](CC(C)C)NC(=O)[C@H](CCc1ccccc1)CNC(=O)CN1CCOCC1. The van der Waals surface area contributed by atoms with Crippen LogP contribution in [0.1, 0.15) is 58.1 Å². The zero-order chi connectivity index (χ0) is 34.0. The predicted octanol–water partition coefficient (Wildman–Crippen LogP) is 3.10. The van der Waals surface area contributed by atoms with Gasteiger partial charge in [0.2, 0.25) is 23.6 Å². The first kappa shape index (κ1) is 37.7. The average Bonchev–Trinajstić information content (AvgIpc) is 3.05. The molecule has 3 atom stereocenters. The van der Waals surface area contributed by atoms with Crippen LogP contribution in [0.4, 0.5) is 0 Å². The number of benzene rings is 2. The van der Waals surface area contributed by atoms with Crippen molar-refractivity contribution in [2.24, 2.45) is 17.8 Å². The number of hydrogen-bond donors (Lipinski definition) is 4. The third kappa shape index (κ3) is 14.7. The van der Waals surface area contributed by atoms with Crippen molar-refractivity contribution in [2.45, 2.75) is 71.9 Å². The number of carbonyl (C=O) groups excluding carboxylic acids is 4. The van der Waals surface area contributed by atoms with Gasteiger partial charge >= 0.3 is 0 Å². The molecule has 0 unspecified atom stereocenters. The normalized spacial score (nSPS) is 15.4. The van der Waals surface area contributed by atoms with E-state index in [0.29, 0.717) is 64.4 Å². The van der Waals surface area contributed by atoms with E-state index in [1.165, 1.54) is 0 Å². The third-order valence-corrected chi connectivity index (χ3v) is 8.29. The zero-order valence-corrected chi connectivity index (χ0v) is 28.6. The highest BCUT2D eigenvalue weighted by Gasteiger charge is 2.30. The highest BCUT2D eigenvalue weighted by molar-refractivity contribution is 5.92. The molecule has 1 heterocycles. The van der Waals surface area contributed by atoms with Gasteiger partial charge in [0.25, 0.3) is 0 Å². The second-order valence-electron chi connectivity index (χ2n) is 13.3. The fourth-order valence-electron chi connectivity index (χ4n) is 5.50. The molecule has 47 heavy (non-hydrogen) atoms. The molecule has 0 bridgehead atoms. The van der Waals surface area contributed by atoms with Crippen LogP contribution in [0.5, 0.6) is 0 Å². The van der Waals surface area contributed by atoms with Gasteiger partial charge in [-0.25, -0.2) is 0 Å². The first-order valence-corrected chi connectivity index (χ1v) is 17.1. The van der Waals surface area contributed by atoms with Crippen LogP contribution >= 0.6 is 0 Å². The molecule has 0 saturated carbocycles. The first-order chi connectivity index (χ1) is 22.6. The molecule has 10 heteroatoms. The van der Waals surface area contributed by atoms with Crippen molar-refractivity contribution in [1.82, 2.24) is 26.2 Å². The Morgan fingerprint density at radius 2 is 1.34 bits per heavy atom. The summed E-state index contributed by atoms with van der Waals surface area (Å²) >= 11 is 0. The van der Waals surface area contributed by atoms with Gasteiger partial charge in [-0.05, 0) is 48.6 Å². The van der Waals surface area contributed by atoms with Crippen LogP contribution < -0.4 is 21.3 Å². The maximum atomic E-state index is 13.8. The standard InChI is InChI=1S/C37H55N5O5/c1-27(2)17-18-38-36(45)33(24-30-13-9-6-10-14-30)41-37(46)32(23-28(3)4)40-35(44)31(16-15-29-11-7-5-8-12-29)25-39-34(43)26-42-19-21-47-22-20-42/h5-14,27-28,31-33H,15-26H2,1-4H3,(H,38,45)(H,39,43)(H,40,44)(H,41,46)/t31-,32+,33-/m1/s1. The number of morpholine rings is 1. The number of amides is 4. The summed E-state index contributed by atoms with van der Waals surface area (Å²) in [5, 5.41) is 11.9. The zero-order valence-electron chi connectivity index (χ0n) is 28.6. The molecule has 2 aromatic rings. The molecule has 0 radical (unpaired) electrons. The highest BCUT2D eigenvalue weighted by atomic mass is 16.5. The largest absolute Gasteiger partial charge is 0.379 e. The molecule has 3 rings (SSSR count). The molecule has 0 aliphatic carbocycles. The van der Waals surface area contributed by atoms with Crippen molar-refractivity contribution >= 4 is 23.6 Å². The molecular formula is C37H55N5O5. The fourth-order valence-corrected chi connectivity index (χ4v) is 5.50. The minimum absolute atomic E-state index is 0.106. The van der Waals surface area contributed by atoms with E-state index in [1.807, 2.05) is 79.4 Å². The van der Waals surface area contributed by atoms with Crippen LogP contribution in [0.15, 0.2) is 60.7 Å². The summed E-state index contributed by atoms with van der Waals surface area (Å²) in [4.78, 5) is 55.8. The Kier molecular flexibility index (Phi) is 16.4. The Morgan fingerprint density at radius 1 is 0.723 bits per heavy atom. The lowest BCUT2D eigenvalue weighted by molar-refractivity contribution is -0.133. The summed E-state index contributed by atoms with van der Waals surface area (Å²) in [5.74, 6) is -1.10. The van der Waals surface area contributed by atoms with Crippen molar-refractivity contribution in [3.8, 4) is 0 Å². The number of nitrogens with one attached hydrogen (secondary N) is 4. The molecule has 0 spiro atoms. The van der Waals surface area contributed by atoms with Crippen LogP contribution in [0.2, 0.25) is 0 Å². The molecule has 2 aromatic carbocycles. The van der Waals surface area contributed by atoms with Crippen molar-refractivity contribution in [3.63, 3.8) is 0 Å². The molecule has 258 valence electrons. The van der Waals surface area contributed by atoms with E-state index in [9.17, 15) is 19.2 Å². The van der Waals surface area contributed by atoms with Crippen molar-refractivity contribution < 1.29 is 23.9 Å². The monoisotopic (exact) mass is 649 g/mol. The number of carbonyl (C=O) groups is 4. The minimum Gasteiger partial charge on any atom is -0.379 e. The first-order valence-electron chi connectivity index (χ1n) is 17.1. The Labute approximate surface area is 280 Å². The van der Waals surface area contributed by atoms with Gasteiger partial charge in [0.15, 0.2) is 0 Å². The number of ether oxygens (including phenoxy) is 1. The lowest BCUT2D eigenvalue weighted by Crippen LogP contribution is -2.56. The summed E-state index contributed by atoms with van der Waals surface area (Å²) in [6, 6.07) is 17.8. The second-order valence-corrected chi connectivity index (χ2v) is 13.3. The lowest BCUT2D eigenvalue weighted by atomic mass is 9.96. The second kappa shape index (κ2) is 20.5. The number of hydrogen-bond acceptors (Lipinski definition) is 6. The molecule has 1 aliphatic heterocycles. The van der Waals surface area contributed by atoms with E-state index in [4.69, 9.17) is 4.74 Å². The summed E-state index contributed by atoms with van der Waals surface area (Å²) in [7, 11) is 0. The quantitative estimate of drug-likeness (QED) is 0.185. The van der Waals surface area contributed by atoms with Gasteiger partial charge in [0.05, 0.1) is 25.7 Å². The molecule has 1 aliphatic rings. The van der Waals surface area contributed by atoms with E-state index >= 15 is 0 Å². The summed E-state index contributed by atoms with van der Waals surface area (Å²) in [5.41, 5.74) is 2.02. The molecule has 0 aromatic heterocycles. The minimum atomic E-state index is -0.840. The maximum Gasteiger partial charge on any atom is 0.243 e. The molecule has 1 saturated heterocycles. The van der Waals surface area contributed by atoms with E-state index in [2.05, 4.69) is 35.1 Å². The van der Waals surface area contributed by atoms with Crippen LogP contribution in [0.25, 0.3) is 0 Å². The third-order valence-electron chi connectivity index (χ3n) is 8.29. The van der Waals surface area contributed by atoms with Gasteiger partial charge < -0.3 is 26.0 Å². The van der Waals surface area contributed by atoms with Crippen molar-refractivity contribution in [1.29, 1.82) is 0 Å². The molecule has 1 fully saturated rings. The lowest BCUT2D eigenvalue weighted by Gasteiger charge is -2.27. The van der Waals surface area contributed by atoms with Crippen LogP contribution in [-0.4, -0.2) is 86.5 Å². The average molecular weight is 650 g/mol. The van der Waals surface area contributed by atoms with Gasteiger partial charge in [-0.15, -0.1) is 0 Å².